The van der Waals surface area contributed by atoms with Gasteiger partial charge < -0.3 is 9.30 Å². The van der Waals surface area contributed by atoms with Crippen molar-refractivity contribution in [2.45, 2.75) is 32.2 Å². The number of alkyl halides is 1. The topological polar surface area (TPSA) is 44.9 Å². The van der Waals surface area contributed by atoms with Crippen molar-refractivity contribution in [1.29, 1.82) is 0 Å². The monoisotopic (exact) mass is 270 g/mol. The first-order chi connectivity index (χ1) is 8.60. The maximum atomic E-state index is 6.21. The molecule has 2 rings (SSSR count). The van der Waals surface area contributed by atoms with Gasteiger partial charge in [-0.3, -0.25) is 4.68 Å². The van der Waals surface area contributed by atoms with Crippen molar-refractivity contribution in [2.24, 2.45) is 7.05 Å². The zero-order valence-corrected chi connectivity index (χ0v) is 12.0. The lowest BCUT2D eigenvalue weighted by atomic mass is 10.3. The number of aryl methyl sites for hydroxylation is 2. The van der Waals surface area contributed by atoms with E-state index in [4.69, 9.17) is 16.3 Å². The average molecular weight is 271 g/mol. The molecule has 0 bridgehead atoms. The van der Waals surface area contributed by atoms with E-state index >= 15 is 0 Å². The number of rotatable bonds is 5. The Morgan fingerprint density at radius 3 is 2.72 bits per heavy atom. The molecule has 0 fully saturated rings. The van der Waals surface area contributed by atoms with Crippen LogP contribution in [0, 0.1) is 0 Å². The summed E-state index contributed by atoms with van der Waals surface area (Å²) >= 11 is 6.21. The van der Waals surface area contributed by atoms with E-state index in [-0.39, 0.29) is 5.38 Å². The summed E-state index contributed by atoms with van der Waals surface area (Å²) in [7, 11) is 3.63. The smallest absolute Gasteiger partial charge is 0.158 e. The van der Waals surface area contributed by atoms with Crippen LogP contribution in [0.5, 0.6) is 0 Å². The van der Waals surface area contributed by atoms with Crippen LogP contribution in [-0.4, -0.2) is 33.0 Å². The van der Waals surface area contributed by atoms with Gasteiger partial charge in [0.2, 0.25) is 0 Å². The molecule has 18 heavy (non-hydrogen) atoms. The number of halogens is 1. The van der Waals surface area contributed by atoms with Crippen LogP contribution >= 0.6 is 11.6 Å². The quantitative estimate of drug-likeness (QED) is 0.783. The predicted octanol–water partition coefficient (Wildman–Crippen LogP) is 2.28. The van der Waals surface area contributed by atoms with E-state index in [1.807, 2.05) is 18.7 Å². The van der Waals surface area contributed by atoms with Crippen LogP contribution in [0.2, 0.25) is 0 Å². The normalized spacial score (nSPS) is 13.4. The summed E-state index contributed by atoms with van der Waals surface area (Å²) in [6.07, 6.45) is 0.870. The molecule has 0 saturated carbocycles. The van der Waals surface area contributed by atoms with Crippen LogP contribution in [0.25, 0.3) is 11.2 Å². The van der Waals surface area contributed by atoms with Gasteiger partial charge in [0.15, 0.2) is 5.65 Å². The second kappa shape index (κ2) is 5.28. The minimum absolute atomic E-state index is 0.126. The Morgan fingerprint density at radius 1 is 1.44 bits per heavy atom. The van der Waals surface area contributed by atoms with Gasteiger partial charge in [0, 0.05) is 20.7 Å². The second-order valence-electron chi connectivity index (χ2n) is 4.33. The van der Waals surface area contributed by atoms with Crippen LogP contribution < -0.4 is 0 Å². The molecule has 0 aromatic carbocycles. The number of hydrogen-bond donors (Lipinski definition) is 0. The summed E-state index contributed by atoms with van der Waals surface area (Å²) in [5.74, 6) is 0.881. The molecule has 100 valence electrons. The third kappa shape index (κ3) is 2.12. The first-order valence-corrected chi connectivity index (χ1v) is 6.58. The molecule has 1 unspecified atom stereocenters. The van der Waals surface area contributed by atoms with Crippen molar-refractivity contribution >= 4 is 22.8 Å². The highest BCUT2D eigenvalue weighted by Crippen LogP contribution is 2.26. The van der Waals surface area contributed by atoms with E-state index in [0.29, 0.717) is 6.61 Å². The largest absolute Gasteiger partial charge is 0.383 e. The van der Waals surface area contributed by atoms with Gasteiger partial charge in [-0.05, 0) is 13.3 Å². The molecule has 0 amide bonds. The highest BCUT2D eigenvalue weighted by Gasteiger charge is 2.20. The molecule has 0 aliphatic heterocycles. The van der Waals surface area contributed by atoms with E-state index in [1.165, 1.54) is 0 Å². The maximum absolute atomic E-state index is 6.21. The van der Waals surface area contributed by atoms with Gasteiger partial charge in [0.25, 0.3) is 0 Å². The molecule has 0 aliphatic rings. The van der Waals surface area contributed by atoms with E-state index in [1.54, 1.807) is 7.11 Å². The molecule has 2 heterocycles. The van der Waals surface area contributed by atoms with Crippen LogP contribution in [0.3, 0.4) is 0 Å². The fourth-order valence-electron chi connectivity index (χ4n) is 2.20. The molecule has 0 radical (unpaired) electrons. The fourth-order valence-corrected chi connectivity index (χ4v) is 2.37. The Labute approximate surface area is 112 Å². The van der Waals surface area contributed by atoms with Crippen LogP contribution in [0.15, 0.2) is 0 Å². The molecule has 2 aromatic rings. The molecule has 0 aliphatic carbocycles. The molecule has 1 atom stereocenters. The number of imidazole rings is 1. The van der Waals surface area contributed by atoms with Crippen LogP contribution in [0.1, 0.15) is 30.7 Å². The van der Waals surface area contributed by atoms with E-state index in [2.05, 4.69) is 21.6 Å². The molecule has 0 saturated heterocycles. The first-order valence-electron chi connectivity index (χ1n) is 6.15. The molecule has 5 nitrogen and oxygen atoms in total. The van der Waals surface area contributed by atoms with Gasteiger partial charge in [-0.2, -0.15) is 5.10 Å². The summed E-state index contributed by atoms with van der Waals surface area (Å²) in [4.78, 5) is 4.65. The zero-order chi connectivity index (χ0) is 13.3. The van der Waals surface area contributed by atoms with Gasteiger partial charge >= 0.3 is 0 Å². The third-order valence-corrected chi connectivity index (χ3v) is 3.23. The Morgan fingerprint density at radius 2 is 2.17 bits per heavy atom. The van der Waals surface area contributed by atoms with Crippen molar-refractivity contribution in [3.8, 4) is 0 Å². The number of hydrogen-bond acceptors (Lipinski definition) is 3. The van der Waals surface area contributed by atoms with Gasteiger partial charge in [0.05, 0.1) is 17.7 Å². The lowest BCUT2D eigenvalue weighted by Gasteiger charge is -2.10. The first kappa shape index (κ1) is 13.4. The standard InChI is InChI=1S/C12H19ClN4O/c1-5-9-10-12(16(3)15-9)17(6-7-18-4)11(14-10)8(2)13/h8H,5-7H2,1-4H3. The summed E-state index contributed by atoms with van der Waals surface area (Å²) < 4.78 is 9.12. The van der Waals surface area contributed by atoms with Crippen molar-refractivity contribution in [1.82, 2.24) is 19.3 Å². The number of aromatic nitrogens is 4. The molecule has 6 heteroatoms. The second-order valence-corrected chi connectivity index (χ2v) is 4.98. The van der Waals surface area contributed by atoms with E-state index in [0.717, 1.165) is 35.6 Å². The number of methoxy groups -OCH3 is 1. The predicted molar refractivity (Wildman–Crippen MR) is 72.0 cm³/mol. The van der Waals surface area contributed by atoms with Crippen molar-refractivity contribution in [3.63, 3.8) is 0 Å². The van der Waals surface area contributed by atoms with Gasteiger partial charge in [-0.1, -0.05) is 6.92 Å². The molecular weight excluding hydrogens is 252 g/mol. The minimum Gasteiger partial charge on any atom is -0.383 e. The maximum Gasteiger partial charge on any atom is 0.158 e. The SMILES string of the molecule is CCc1nn(C)c2c1nc(C(C)Cl)n2CCOC. The highest BCUT2D eigenvalue weighted by atomic mass is 35.5. The Balaban J connectivity index is 2.61. The lowest BCUT2D eigenvalue weighted by Crippen LogP contribution is -2.11. The highest BCUT2D eigenvalue weighted by molar-refractivity contribution is 6.20. The molecular formula is C12H19ClN4O. The van der Waals surface area contributed by atoms with Crippen molar-refractivity contribution in [2.75, 3.05) is 13.7 Å². The van der Waals surface area contributed by atoms with E-state index < -0.39 is 0 Å². The number of ether oxygens (including phenoxy) is 1. The van der Waals surface area contributed by atoms with Crippen LogP contribution in [-0.2, 0) is 24.8 Å². The third-order valence-electron chi connectivity index (χ3n) is 3.03. The minimum atomic E-state index is -0.126. The zero-order valence-electron chi connectivity index (χ0n) is 11.3. The molecule has 0 N–H and O–H groups in total. The molecule has 0 spiro atoms. The van der Waals surface area contributed by atoms with Crippen molar-refractivity contribution in [3.05, 3.63) is 11.5 Å². The fraction of sp³-hybridized carbons (Fsp3) is 0.667. The Hall–Kier alpha value is -1.07. The van der Waals surface area contributed by atoms with Gasteiger partial charge in [-0.15, -0.1) is 11.6 Å². The average Bonchev–Trinajstić information content (AvgIpc) is 2.85. The Kier molecular flexibility index (Phi) is 3.92. The summed E-state index contributed by atoms with van der Waals surface area (Å²) in [6.45, 7) is 5.39. The summed E-state index contributed by atoms with van der Waals surface area (Å²) in [5, 5.41) is 4.36. The van der Waals surface area contributed by atoms with Crippen molar-refractivity contribution < 1.29 is 4.74 Å². The number of fused-ring (bicyclic) bond motifs is 1. The summed E-state index contributed by atoms with van der Waals surface area (Å²) in [5.41, 5.74) is 2.99. The van der Waals surface area contributed by atoms with Gasteiger partial charge in [0.1, 0.15) is 11.3 Å². The Bertz CT molecular complexity index is 544. The van der Waals surface area contributed by atoms with E-state index in [9.17, 15) is 0 Å². The lowest BCUT2D eigenvalue weighted by molar-refractivity contribution is 0.187. The molecule has 2 aromatic heterocycles. The summed E-state index contributed by atoms with van der Waals surface area (Å²) in [6, 6.07) is 0. The van der Waals surface area contributed by atoms with Gasteiger partial charge in [-0.25, -0.2) is 4.98 Å². The van der Waals surface area contributed by atoms with Crippen LogP contribution in [0.4, 0.5) is 0 Å². The number of nitrogens with zero attached hydrogens (tertiary/aromatic N) is 4.